The number of amides is 2. The summed E-state index contributed by atoms with van der Waals surface area (Å²) in [6, 6.07) is 11.9. The predicted molar refractivity (Wildman–Crippen MR) is 115 cm³/mol. The van der Waals surface area contributed by atoms with Crippen LogP contribution in [0.15, 0.2) is 48.5 Å². The van der Waals surface area contributed by atoms with Crippen LogP contribution < -0.4 is 5.32 Å². The van der Waals surface area contributed by atoms with Gasteiger partial charge in [0.1, 0.15) is 6.04 Å². The van der Waals surface area contributed by atoms with Crippen molar-refractivity contribution in [1.29, 1.82) is 0 Å². The molecule has 154 valence electrons. The van der Waals surface area contributed by atoms with E-state index in [1.165, 1.54) is 29.2 Å². The Morgan fingerprint density at radius 3 is 2.62 bits per heavy atom. The van der Waals surface area contributed by atoms with Crippen LogP contribution in [0.5, 0.6) is 0 Å². The van der Waals surface area contributed by atoms with Crippen molar-refractivity contribution < 1.29 is 14.5 Å². The molecular weight excluding hydrogens is 414 g/mol. The number of carbonyl (C=O) groups excluding carboxylic acids is 2. The first-order valence-corrected chi connectivity index (χ1v) is 10.6. The van der Waals surface area contributed by atoms with Crippen LogP contribution >= 0.6 is 23.4 Å². The molecule has 9 heteroatoms. The first kappa shape index (κ1) is 22.7. The molecule has 0 aromatic heterocycles. The lowest BCUT2D eigenvalue weighted by atomic mass is 10.1. The van der Waals surface area contributed by atoms with E-state index in [9.17, 15) is 19.7 Å². The van der Waals surface area contributed by atoms with Gasteiger partial charge in [-0.15, -0.1) is 0 Å². The lowest BCUT2D eigenvalue weighted by Gasteiger charge is -2.25. The molecule has 1 atom stereocenters. The van der Waals surface area contributed by atoms with Gasteiger partial charge in [-0.05, 0) is 36.1 Å². The van der Waals surface area contributed by atoms with Crippen molar-refractivity contribution in [1.82, 2.24) is 10.2 Å². The van der Waals surface area contributed by atoms with Crippen LogP contribution in [0, 0.1) is 10.1 Å². The lowest BCUT2D eigenvalue weighted by molar-refractivity contribution is -0.384. The smallest absolute Gasteiger partial charge is 0.270 e. The lowest BCUT2D eigenvalue weighted by Crippen LogP contribution is -2.47. The Balaban J connectivity index is 2.14. The summed E-state index contributed by atoms with van der Waals surface area (Å²) in [6.07, 6.45) is 2.35. The van der Waals surface area contributed by atoms with Crippen LogP contribution in [-0.4, -0.2) is 46.7 Å². The van der Waals surface area contributed by atoms with Gasteiger partial charge in [-0.1, -0.05) is 35.9 Å². The minimum absolute atomic E-state index is 0.134. The Morgan fingerprint density at radius 2 is 1.97 bits per heavy atom. The monoisotopic (exact) mass is 435 g/mol. The summed E-state index contributed by atoms with van der Waals surface area (Å²) >= 11 is 7.74. The highest BCUT2D eigenvalue weighted by molar-refractivity contribution is 7.98. The minimum Gasteiger partial charge on any atom is -0.340 e. The fourth-order valence-electron chi connectivity index (χ4n) is 2.72. The zero-order valence-electron chi connectivity index (χ0n) is 16.1. The summed E-state index contributed by atoms with van der Waals surface area (Å²) < 4.78 is 0. The number of nitrogens with zero attached hydrogens (tertiary/aromatic N) is 2. The maximum Gasteiger partial charge on any atom is 0.270 e. The van der Waals surface area contributed by atoms with E-state index < -0.39 is 16.9 Å². The average Bonchev–Trinajstić information content (AvgIpc) is 2.72. The van der Waals surface area contributed by atoms with E-state index in [2.05, 4.69) is 5.32 Å². The fourth-order valence-corrected chi connectivity index (χ4v) is 3.39. The molecule has 0 spiro atoms. The number of hydrogen-bond donors (Lipinski definition) is 1. The number of hydrogen-bond acceptors (Lipinski definition) is 5. The summed E-state index contributed by atoms with van der Waals surface area (Å²) in [7, 11) is 1.65. The van der Waals surface area contributed by atoms with Crippen molar-refractivity contribution >= 4 is 40.9 Å². The van der Waals surface area contributed by atoms with E-state index in [4.69, 9.17) is 11.6 Å². The second-order valence-electron chi connectivity index (χ2n) is 6.40. The number of nitro benzene ring substituents is 1. The Morgan fingerprint density at radius 1 is 1.24 bits per heavy atom. The number of thioether (sulfide) groups is 1. The highest BCUT2D eigenvalue weighted by atomic mass is 35.5. The number of nitro groups is 1. The zero-order chi connectivity index (χ0) is 21.4. The Kier molecular flexibility index (Phi) is 8.48. The number of halogens is 1. The third kappa shape index (κ3) is 6.47. The van der Waals surface area contributed by atoms with Crippen LogP contribution in [0.2, 0.25) is 5.02 Å². The van der Waals surface area contributed by atoms with E-state index in [0.29, 0.717) is 23.7 Å². The molecule has 0 aliphatic rings. The number of non-ortho nitro benzene ring substituents is 1. The standard InChI is InChI=1S/C20H22ClN3O4S/c1-23(13-15-6-3-4-9-17(15)21)20(26)18(10-11-29-2)22-19(25)14-7-5-8-16(12-14)24(27)28/h3-9,12,18H,10-11,13H2,1-2H3,(H,22,25). The summed E-state index contributed by atoms with van der Waals surface area (Å²) in [5, 5.41) is 14.2. The predicted octanol–water partition coefficient (Wildman–Crippen LogP) is 3.76. The SMILES string of the molecule is CSCCC(NC(=O)c1cccc([N+](=O)[O-])c1)C(=O)N(C)Cc1ccccc1Cl. The van der Waals surface area contributed by atoms with Crippen molar-refractivity contribution in [3.63, 3.8) is 0 Å². The highest BCUT2D eigenvalue weighted by Crippen LogP contribution is 2.18. The van der Waals surface area contributed by atoms with Crippen LogP contribution in [0.25, 0.3) is 0 Å². The van der Waals surface area contributed by atoms with Gasteiger partial charge >= 0.3 is 0 Å². The Hall–Kier alpha value is -2.58. The van der Waals surface area contributed by atoms with Crippen molar-refractivity contribution in [3.05, 3.63) is 74.8 Å². The maximum absolute atomic E-state index is 13.0. The van der Waals surface area contributed by atoms with E-state index in [-0.39, 0.29) is 17.2 Å². The molecule has 0 aliphatic heterocycles. The molecule has 29 heavy (non-hydrogen) atoms. The molecule has 2 aromatic carbocycles. The first-order valence-electron chi connectivity index (χ1n) is 8.86. The third-order valence-corrected chi connectivity index (χ3v) is 5.29. The van der Waals surface area contributed by atoms with Crippen LogP contribution in [0.3, 0.4) is 0 Å². The van der Waals surface area contributed by atoms with Crippen molar-refractivity contribution in [2.75, 3.05) is 19.1 Å². The molecule has 2 rings (SSSR count). The van der Waals surface area contributed by atoms with E-state index in [0.717, 1.165) is 5.56 Å². The highest BCUT2D eigenvalue weighted by Gasteiger charge is 2.25. The molecule has 7 nitrogen and oxygen atoms in total. The minimum atomic E-state index is -0.748. The number of nitrogens with one attached hydrogen (secondary N) is 1. The van der Waals surface area contributed by atoms with E-state index in [1.807, 2.05) is 24.5 Å². The second kappa shape index (κ2) is 10.8. The van der Waals surface area contributed by atoms with Gasteiger partial charge in [0.25, 0.3) is 11.6 Å². The molecule has 0 radical (unpaired) electrons. The number of likely N-dealkylation sites (N-methyl/N-ethyl adjacent to an activating group) is 1. The number of rotatable bonds is 9. The molecule has 2 aromatic rings. The summed E-state index contributed by atoms with van der Waals surface area (Å²) in [4.78, 5) is 37.4. The van der Waals surface area contributed by atoms with Crippen molar-refractivity contribution in [2.24, 2.45) is 0 Å². The first-order chi connectivity index (χ1) is 13.8. The van der Waals surface area contributed by atoms with Gasteiger partial charge in [-0.2, -0.15) is 11.8 Å². The number of benzene rings is 2. The maximum atomic E-state index is 13.0. The van der Waals surface area contributed by atoms with Gasteiger partial charge in [0.15, 0.2) is 0 Å². The van der Waals surface area contributed by atoms with Crippen LogP contribution in [0.4, 0.5) is 5.69 Å². The molecule has 0 saturated heterocycles. The quantitative estimate of drug-likeness (QED) is 0.478. The molecule has 0 fully saturated rings. The molecule has 0 saturated carbocycles. The topological polar surface area (TPSA) is 92.5 Å². The summed E-state index contributed by atoms with van der Waals surface area (Å²) in [5.41, 5.74) is 0.758. The number of carbonyl (C=O) groups is 2. The summed E-state index contributed by atoms with van der Waals surface area (Å²) in [5.74, 6) is -0.108. The molecule has 0 aliphatic carbocycles. The average molecular weight is 436 g/mol. The Bertz CT molecular complexity index is 894. The van der Waals surface area contributed by atoms with E-state index in [1.54, 1.807) is 24.9 Å². The molecular formula is C20H22ClN3O4S. The fraction of sp³-hybridized carbons (Fsp3) is 0.300. The Labute approximate surface area is 178 Å². The van der Waals surface area contributed by atoms with Gasteiger partial charge in [-0.3, -0.25) is 19.7 Å². The van der Waals surface area contributed by atoms with E-state index >= 15 is 0 Å². The molecule has 1 N–H and O–H groups in total. The van der Waals surface area contributed by atoms with Gasteiger partial charge in [0, 0.05) is 36.3 Å². The second-order valence-corrected chi connectivity index (χ2v) is 7.79. The molecule has 2 amide bonds. The van der Waals surface area contributed by atoms with Gasteiger partial charge < -0.3 is 10.2 Å². The normalized spacial score (nSPS) is 11.6. The van der Waals surface area contributed by atoms with Gasteiger partial charge in [0.2, 0.25) is 5.91 Å². The van der Waals surface area contributed by atoms with Crippen LogP contribution in [0.1, 0.15) is 22.3 Å². The van der Waals surface area contributed by atoms with Crippen LogP contribution in [-0.2, 0) is 11.3 Å². The molecule has 1 unspecified atom stereocenters. The zero-order valence-corrected chi connectivity index (χ0v) is 17.7. The van der Waals surface area contributed by atoms with Crippen molar-refractivity contribution in [2.45, 2.75) is 19.0 Å². The van der Waals surface area contributed by atoms with Gasteiger partial charge in [-0.25, -0.2) is 0 Å². The largest absolute Gasteiger partial charge is 0.340 e. The van der Waals surface area contributed by atoms with Crippen molar-refractivity contribution in [3.8, 4) is 0 Å². The molecule has 0 bridgehead atoms. The van der Waals surface area contributed by atoms with Gasteiger partial charge in [0.05, 0.1) is 4.92 Å². The third-order valence-electron chi connectivity index (χ3n) is 4.27. The summed E-state index contributed by atoms with van der Waals surface area (Å²) in [6.45, 7) is 0.307. The molecule has 0 heterocycles.